The average Bonchev–Trinajstić information content (AvgIpc) is 2.71. The van der Waals surface area contributed by atoms with Gasteiger partial charge >= 0.3 is 0 Å². The van der Waals surface area contributed by atoms with Crippen LogP contribution in [-0.4, -0.2) is 32.0 Å². The Morgan fingerprint density at radius 2 is 1.39 bits per heavy atom. The Labute approximate surface area is 187 Å². The number of hydrogen-bond acceptors (Lipinski definition) is 3. The molecule has 0 bridgehead atoms. The van der Waals surface area contributed by atoms with Gasteiger partial charge < -0.3 is 16.0 Å². The van der Waals surface area contributed by atoms with Crippen molar-refractivity contribution in [2.75, 3.05) is 25.0 Å². The third-order valence-corrected chi connectivity index (χ3v) is 5.40. The normalized spacial score (nSPS) is 11.9. The van der Waals surface area contributed by atoms with Crippen LogP contribution < -0.4 is 16.0 Å². The quantitative estimate of drug-likeness (QED) is 0.665. The number of nitrogens with two attached hydrogens (primary N) is 1. The maximum atomic E-state index is 13.3. The molecule has 2 rings (SSSR count). The number of hydrogen-bond donors (Lipinski definition) is 2. The second kappa shape index (κ2) is 9.65. The smallest absolute Gasteiger partial charge is 0.258 e. The van der Waals surface area contributed by atoms with Gasteiger partial charge in [-0.3, -0.25) is 9.59 Å². The Kier molecular flexibility index (Phi) is 7.66. The fraction of sp³-hybridized carbons (Fsp3) is 0.462. The topological polar surface area (TPSA) is 75.4 Å². The van der Waals surface area contributed by atoms with Crippen molar-refractivity contribution < 1.29 is 9.59 Å². The van der Waals surface area contributed by atoms with Crippen molar-refractivity contribution in [3.05, 3.63) is 64.7 Å². The van der Waals surface area contributed by atoms with Gasteiger partial charge in [-0.15, -0.1) is 0 Å². The van der Waals surface area contributed by atoms with Crippen LogP contribution in [0.2, 0.25) is 0 Å². The van der Waals surface area contributed by atoms with Crippen molar-refractivity contribution in [2.24, 2.45) is 5.73 Å². The summed E-state index contributed by atoms with van der Waals surface area (Å²) >= 11 is 0. The van der Waals surface area contributed by atoms with Crippen molar-refractivity contribution in [1.82, 2.24) is 5.32 Å². The van der Waals surface area contributed by atoms with E-state index in [1.807, 2.05) is 12.1 Å². The summed E-state index contributed by atoms with van der Waals surface area (Å²) < 4.78 is 0. The lowest BCUT2D eigenvalue weighted by molar-refractivity contribution is 0.0952. The molecule has 0 aromatic heterocycles. The summed E-state index contributed by atoms with van der Waals surface area (Å²) in [5, 5.41) is 2.84. The minimum atomic E-state index is -0.137. The van der Waals surface area contributed by atoms with Crippen LogP contribution in [0, 0.1) is 0 Å². The third-order valence-electron chi connectivity index (χ3n) is 5.40. The van der Waals surface area contributed by atoms with Gasteiger partial charge in [-0.05, 0) is 71.3 Å². The lowest BCUT2D eigenvalue weighted by atomic mass is 9.79. The molecule has 0 atom stereocenters. The van der Waals surface area contributed by atoms with Gasteiger partial charge in [-0.1, -0.05) is 47.6 Å². The summed E-state index contributed by atoms with van der Waals surface area (Å²) in [5.41, 5.74) is 9.59. The van der Waals surface area contributed by atoms with E-state index >= 15 is 0 Å². The van der Waals surface area contributed by atoms with E-state index in [1.54, 1.807) is 36.2 Å². The Morgan fingerprint density at radius 1 is 0.871 bits per heavy atom. The van der Waals surface area contributed by atoms with Crippen LogP contribution in [0.25, 0.3) is 0 Å². The van der Waals surface area contributed by atoms with Crippen molar-refractivity contribution in [3.63, 3.8) is 0 Å². The second-order valence-corrected chi connectivity index (χ2v) is 10.1. The molecule has 3 N–H and O–H groups in total. The lowest BCUT2D eigenvalue weighted by Gasteiger charge is -2.27. The fourth-order valence-electron chi connectivity index (χ4n) is 3.17. The molecule has 0 fully saturated rings. The van der Waals surface area contributed by atoms with Crippen molar-refractivity contribution in [1.29, 1.82) is 0 Å². The molecule has 0 radical (unpaired) electrons. The summed E-state index contributed by atoms with van der Waals surface area (Å²) in [6.45, 7) is 14.0. The largest absolute Gasteiger partial charge is 0.352 e. The van der Waals surface area contributed by atoms with Gasteiger partial charge in [-0.25, -0.2) is 0 Å². The summed E-state index contributed by atoms with van der Waals surface area (Å²) in [6, 6.07) is 13.3. The van der Waals surface area contributed by atoms with E-state index < -0.39 is 0 Å². The molecule has 0 spiro atoms. The highest BCUT2D eigenvalue weighted by atomic mass is 16.2. The number of nitrogens with one attached hydrogen (secondary N) is 1. The standard InChI is InChI=1S/C26H37N3O2/c1-25(2,3)20-15-19(16-21(17-20)26(4,5)6)24(31)29(7)22-11-9-18(10-12-22)23(30)28-14-8-13-27/h9-12,15-17H,8,13-14,27H2,1-7H3,(H,28,30). The monoisotopic (exact) mass is 423 g/mol. The van der Waals surface area contributed by atoms with Crippen molar-refractivity contribution in [2.45, 2.75) is 58.8 Å². The maximum Gasteiger partial charge on any atom is 0.258 e. The van der Waals surface area contributed by atoms with Crippen LogP contribution in [0.4, 0.5) is 5.69 Å². The molecule has 5 heteroatoms. The Bertz CT molecular complexity index is 887. The van der Waals surface area contributed by atoms with Gasteiger partial charge in [0.2, 0.25) is 0 Å². The first-order chi connectivity index (χ1) is 14.3. The molecule has 2 amide bonds. The molecule has 0 aliphatic rings. The molecule has 168 valence electrons. The predicted octanol–water partition coefficient (Wildman–Crippen LogP) is 4.64. The summed E-state index contributed by atoms with van der Waals surface area (Å²) in [7, 11) is 1.76. The lowest BCUT2D eigenvalue weighted by Crippen LogP contribution is -2.28. The number of carbonyl (C=O) groups is 2. The highest BCUT2D eigenvalue weighted by Crippen LogP contribution is 2.31. The minimum absolute atomic E-state index is 0.0617. The van der Waals surface area contributed by atoms with Crippen molar-refractivity contribution >= 4 is 17.5 Å². The SMILES string of the molecule is CN(C(=O)c1cc(C(C)(C)C)cc(C(C)(C)C)c1)c1ccc(C(=O)NCCCN)cc1. The molecule has 0 saturated carbocycles. The summed E-state index contributed by atoms with van der Waals surface area (Å²) in [5.74, 6) is -0.210. The highest BCUT2D eigenvalue weighted by molar-refractivity contribution is 6.06. The number of benzene rings is 2. The Morgan fingerprint density at radius 3 is 1.84 bits per heavy atom. The van der Waals surface area contributed by atoms with Crippen LogP contribution in [0.15, 0.2) is 42.5 Å². The fourth-order valence-corrected chi connectivity index (χ4v) is 3.17. The highest BCUT2D eigenvalue weighted by Gasteiger charge is 2.23. The molecule has 0 heterocycles. The summed E-state index contributed by atoms with van der Waals surface area (Å²) in [6.07, 6.45) is 0.741. The molecule has 0 aliphatic carbocycles. The molecule has 0 unspecified atom stereocenters. The molecular formula is C26H37N3O2. The van der Waals surface area contributed by atoms with Crippen LogP contribution in [0.3, 0.4) is 0 Å². The van der Waals surface area contributed by atoms with E-state index in [2.05, 4.69) is 52.9 Å². The molecule has 2 aromatic carbocycles. The van der Waals surface area contributed by atoms with E-state index in [-0.39, 0.29) is 22.6 Å². The van der Waals surface area contributed by atoms with Crippen LogP contribution in [-0.2, 0) is 10.8 Å². The number of anilines is 1. The maximum absolute atomic E-state index is 13.3. The van der Waals surface area contributed by atoms with E-state index in [0.29, 0.717) is 24.2 Å². The van der Waals surface area contributed by atoms with E-state index in [1.165, 1.54) is 0 Å². The second-order valence-electron chi connectivity index (χ2n) is 10.1. The van der Waals surface area contributed by atoms with Crippen LogP contribution >= 0.6 is 0 Å². The number of rotatable bonds is 6. The molecule has 0 saturated heterocycles. The number of amides is 2. The van der Waals surface area contributed by atoms with E-state index in [0.717, 1.165) is 23.2 Å². The average molecular weight is 424 g/mol. The Hall–Kier alpha value is -2.66. The first-order valence-corrected chi connectivity index (χ1v) is 10.9. The number of carbonyl (C=O) groups excluding carboxylic acids is 2. The first kappa shape index (κ1) is 24.6. The zero-order valence-electron chi connectivity index (χ0n) is 20.0. The molecule has 31 heavy (non-hydrogen) atoms. The van der Waals surface area contributed by atoms with E-state index in [9.17, 15) is 9.59 Å². The van der Waals surface area contributed by atoms with Gasteiger partial charge in [0.05, 0.1) is 0 Å². The minimum Gasteiger partial charge on any atom is -0.352 e. The number of nitrogens with zero attached hydrogens (tertiary/aromatic N) is 1. The third kappa shape index (κ3) is 6.41. The van der Waals surface area contributed by atoms with Gasteiger partial charge in [0.15, 0.2) is 0 Å². The summed E-state index contributed by atoms with van der Waals surface area (Å²) in [4.78, 5) is 27.1. The molecule has 2 aromatic rings. The molecular weight excluding hydrogens is 386 g/mol. The van der Waals surface area contributed by atoms with E-state index in [4.69, 9.17) is 5.73 Å². The van der Waals surface area contributed by atoms with Gasteiger partial charge in [0, 0.05) is 30.4 Å². The zero-order valence-corrected chi connectivity index (χ0v) is 20.0. The van der Waals surface area contributed by atoms with Crippen LogP contribution in [0.5, 0.6) is 0 Å². The first-order valence-electron chi connectivity index (χ1n) is 10.9. The molecule has 0 aliphatic heterocycles. The van der Waals surface area contributed by atoms with Crippen molar-refractivity contribution in [3.8, 4) is 0 Å². The van der Waals surface area contributed by atoms with Gasteiger partial charge in [-0.2, -0.15) is 0 Å². The zero-order chi connectivity index (χ0) is 23.4. The van der Waals surface area contributed by atoms with Gasteiger partial charge in [0.25, 0.3) is 11.8 Å². The Balaban J connectivity index is 2.29. The van der Waals surface area contributed by atoms with Crippen LogP contribution in [0.1, 0.15) is 79.8 Å². The molecule has 5 nitrogen and oxygen atoms in total. The predicted molar refractivity (Wildman–Crippen MR) is 129 cm³/mol. The van der Waals surface area contributed by atoms with Gasteiger partial charge in [0.1, 0.15) is 0 Å².